The van der Waals surface area contributed by atoms with Crippen LogP contribution in [-0.4, -0.2) is 11.2 Å². The van der Waals surface area contributed by atoms with Gasteiger partial charge in [0.2, 0.25) is 5.24 Å². The van der Waals surface area contributed by atoms with Crippen molar-refractivity contribution in [3.8, 4) is 17.2 Å². The first-order valence-electron chi connectivity index (χ1n) is 7.58. The van der Waals surface area contributed by atoms with Crippen molar-refractivity contribution in [1.29, 1.82) is 0 Å². The minimum Gasteiger partial charge on any atom is -0.452 e. The molecule has 8 heteroatoms. The van der Waals surface area contributed by atoms with Gasteiger partial charge in [0.05, 0.1) is 10.9 Å². The van der Waals surface area contributed by atoms with Crippen molar-refractivity contribution >= 4 is 57.6 Å². The molecule has 4 nitrogen and oxygen atoms in total. The second kappa shape index (κ2) is 9.47. The molecule has 0 amide bonds. The minimum atomic E-state index is -0.530. The van der Waals surface area contributed by atoms with Crippen molar-refractivity contribution in [3.05, 3.63) is 51.5 Å². The van der Waals surface area contributed by atoms with Crippen LogP contribution in [0.5, 0.6) is 17.2 Å². The number of rotatable bonds is 7. The lowest BCUT2D eigenvalue weighted by Gasteiger charge is -2.15. The Bertz CT molecular complexity index is 823. The minimum absolute atomic E-state index is 0.0805. The van der Waals surface area contributed by atoms with Crippen LogP contribution in [0.4, 0.5) is 0 Å². The number of benzene rings is 2. The largest absolute Gasteiger partial charge is 0.452 e. The molecule has 0 saturated carbocycles. The molecule has 1 atom stereocenters. The molecule has 2 rings (SSSR count). The Balaban J connectivity index is 2.19. The van der Waals surface area contributed by atoms with Crippen LogP contribution in [0.3, 0.4) is 0 Å². The Morgan fingerprint density at radius 3 is 2.19 bits per heavy atom. The SMILES string of the molecule is CC(CCC(=O)Cl)C(=O)Oc1cc(Cl)ccc1Oc1ccc(Cl)cc1Cl. The van der Waals surface area contributed by atoms with E-state index in [1.54, 1.807) is 31.2 Å². The highest BCUT2D eigenvalue weighted by Gasteiger charge is 2.19. The van der Waals surface area contributed by atoms with Gasteiger partial charge in [-0.05, 0) is 48.4 Å². The van der Waals surface area contributed by atoms with Gasteiger partial charge in [-0.1, -0.05) is 41.7 Å². The smallest absolute Gasteiger partial charge is 0.314 e. The third kappa shape index (κ3) is 6.06. The standard InChI is InChI=1S/C18H14Cl4O4/c1-10(2-7-17(22)23)18(24)26-16-9-12(20)4-6-15(16)25-14-5-3-11(19)8-13(14)21/h3-6,8-10H,2,7H2,1H3. The maximum Gasteiger partial charge on any atom is 0.314 e. The second-order valence-electron chi connectivity index (χ2n) is 5.48. The van der Waals surface area contributed by atoms with Crippen molar-refractivity contribution in [3.63, 3.8) is 0 Å². The van der Waals surface area contributed by atoms with Crippen LogP contribution in [0.1, 0.15) is 19.8 Å². The molecule has 0 N–H and O–H groups in total. The summed E-state index contributed by atoms with van der Waals surface area (Å²) >= 11 is 23.3. The van der Waals surface area contributed by atoms with E-state index in [0.29, 0.717) is 20.8 Å². The van der Waals surface area contributed by atoms with Gasteiger partial charge in [-0.15, -0.1) is 0 Å². The average Bonchev–Trinajstić information content (AvgIpc) is 2.57. The Morgan fingerprint density at radius 2 is 1.58 bits per heavy atom. The Morgan fingerprint density at radius 1 is 0.962 bits per heavy atom. The van der Waals surface area contributed by atoms with E-state index in [0.717, 1.165) is 0 Å². The van der Waals surface area contributed by atoms with Crippen LogP contribution in [0.2, 0.25) is 15.1 Å². The van der Waals surface area contributed by atoms with E-state index < -0.39 is 17.1 Å². The molecule has 0 aliphatic carbocycles. The fourth-order valence-corrected chi connectivity index (χ4v) is 2.70. The van der Waals surface area contributed by atoms with E-state index in [9.17, 15) is 9.59 Å². The molecule has 0 heterocycles. The summed E-state index contributed by atoms with van der Waals surface area (Å²) in [5, 5.41) is 0.631. The maximum atomic E-state index is 12.2. The zero-order chi connectivity index (χ0) is 19.3. The van der Waals surface area contributed by atoms with Gasteiger partial charge in [0.1, 0.15) is 5.75 Å². The van der Waals surface area contributed by atoms with E-state index in [2.05, 4.69) is 0 Å². The van der Waals surface area contributed by atoms with E-state index in [4.69, 9.17) is 55.9 Å². The van der Waals surface area contributed by atoms with Crippen molar-refractivity contribution in [2.75, 3.05) is 0 Å². The van der Waals surface area contributed by atoms with Gasteiger partial charge in [-0.2, -0.15) is 0 Å². The lowest BCUT2D eigenvalue weighted by molar-refractivity contribution is -0.138. The number of ether oxygens (including phenoxy) is 2. The molecule has 2 aromatic carbocycles. The fourth-order valence-electron chi connectivity index (χ4n) is 1.98. The average molecular weight is 436 g/mol. The summed E-state index contributed by atoms with van der Waals surface area (Å²) in [7, 11) is 0. The first-order valence-corrected chi connectivity index (χ1v) is 9.10. The lowest BCUT2D eigenvalue weighted by atomic mass is 10.1. The van der Waals surface area contributed by atoms with Crippen LogP contribution in [0.15, 0.2) is 36.4 Å². The molecule has 2 aromatic rings. The highest BCUT2D eigenvalue weighted by atomic mass is 35.5. The van der Waals surface area contributed by atoms with Crippen molar-refractivity contribution in [1.82, 2.24) is 0 Å². The van der Waals surface area contributed by atoms with Crippen LogP contribution in [0, 0.1) is 5.92 Å². The number of hydrogen-bond donors (Lipinski definition) is 0. The van der Waals surface area contributed by atoms with Gasteiger partial charge in [-0.25, -0.2) is 0 Å². The molecule has 0 aromatic heterocycles. The molecule has 0 radical (unpaired) electrons. The molecule has 26 heavy (non-hydrogen) atoms. The summed E-state index contributed by atoms with van der Waals surface area (Å²) < 4.78 is 11.1. The zero-order valence-corrected chi connectivity index (χ0v) is 16.6. The third-order valence-corrected chi connectivity index (χ3v) is 4.36. The van der Waals surface area contributed by atoms with Gasteiger partial charge in [-0.3, -0.25) is 9.59 Å². The van der Waals surface area contributed by atoms with Crippen LogP contribution in [-0.2, 0) is 9.59 Å². The first-order chi connectivity index (χ1) is 12.3. The zero-order valence-electron chi connectivity index (χ0n) is 13.6. The number of hydrogen-bond acceptors (Lipinski definition) is 4. The Kier molecular flexibility index (Phi) is 7.59. The quantitative estimate of drug-likeness (QED) is 0.282. The summed E-state index contributed by atoms with van der Waals surface area (Å²) in [5.41, 5.74) is 0. The molecule has 0 bridgehead atoms. The van der Waals surface area contributed by atoms with E-state index in [-0.39, 0.29) is 24.3 Å². The van der Waals surface area contributed by atoms with Crippen molar-refractivity contribution < 1.29 is 19.1 Å². The van der Waals surface area contributed by atoms with Crippen molar-refractivity contribution in [2.24, 2.45) is 5.92 Å². The second-order valence-corrected chi connectivity index (χ2v) is 7.19. The Hall–Kier alpha value is -1.46. The van der Waals surface area contributed by atoms with E-state index in [1.807, 2.05) is 0 Å². The lowest BCUT2D eigenvalue weighted by Crippen LogP contribution is -2.18. The molecule has 0 aliphatic rings. The normalized spacial score (nSPS) is 11.7. The third-order valence-electron chi connectivity index (χ3n) is 3.41. The summed E-state index contributed by atoms with van der Waals surface area (Å²) in [6.45, 7) is 1.64. The summed E-state index contributed by atoms with van der Waals surface area (Å²) in [6.07, 6.45) is 0.359. The predicted molar refractivity (Wildman–Crippen MR) is 103 cm³/mol. The monoisotopic (exact) mass is 434 g/mol. The molecule has 138 valence electrons. The first kappa shape index (κ1) is 20.8. The Labute approximate surface area is 170 Å². The maximum absolute atomic E-state index is 12.2. The molecular formula is C18H14Cl4O4. The summed E-state index contributed by atoms with van der Waals surface area (Å²) in [6, 6.07) is 9.36. The molecule has 1 unspecified atom stereocenters. The molecule has 0 fully saturated rings. The van der Waals surface area contributed by atoms with Gasteiger partial charge in [0, 0.05) is 22.5 Å². The highest BCUT2D eigenvalue weighted by Crippen LogP contribution is 2.38. The summed E-state index contributed by atoms with van der Waals surface area (Å²) in [4.78, 5) is 23.1. The molecule has 0 aliphatic heterocycles. The van der Waals surface area contributed by atoms with Crippen molar-refractivity contribution in [2.45, 2.75) is 19.8 Å². The number of carbonyl (C=O) groups is 2. The highest BCUT2D eigenvalue weighted by molar-refractivity contribution is 6.63. The van der Waals surface area contributed by atoms with Gasteiger partial charge >= 0.3 is 5.97 Å². The number of halogens is 4. The predicted octanol–water partition coefficient (Wildman–Crippen LogP) is 6.53. The van der Waals surface area contributed by atoms with Crippen LogP contribution < -0.4 is 9.47 Å². The molecule has 0 spiro atoms. The molecular weight excluding hydrogens is 422 g/mol. The fraction of sp³-hybridized carbons (Fsp3) is 0.222. The van der Waals surface area contributed by atoms with Crippen LogP contribution in [0.25, 0.3) is 0 Å². The van der Waals surface area contributed by atoms with Gasteiger partial charge < -0.3 is 9.47 Å². The van der Waals surface area contributed by atoms with Crippen LogP contribution >= 0.6 is 46.4 Å². The van der Waals surface area contributed by atoms with Gasteiger partial charge in [0.15, 0.2) is 11.5 Å². The summed E-state index contributed by atoms with van der Waals surface area (Å²) in [5.74, 6) is -0.317. The topological polar surface area (TPSA) is 52.6 Å². The number of carbonyl (C=O) groups excluding carboxylic acids is 2. The number of esters is 1. The van der Waals surface area contributed by atoms with E-state index in [1.165, 1.54) is 12.1 Å². The van der Waals surface area contributed by atoms with E-state index >= 15 is 0 Å². The molecule has 0 saturated heterocycles. The van der Waals surface area contributed by atoms with Gasteiger partial charge in [0.25, 0.3) is 0 Å².